The highest BCUT2D eigenvalue weighted by Crippen LogP contribution is 2.62. The Labute approximate surface area is 191 Å². The van der Waals surface area contributed by atoms with E-state index in [9.17, 15) is 9.59 Å². The van der Waals surface area contributed by atoms with Crippen molar-refractivity contribution < 1.29 is 14.3 Å². The van der Waals surface area contributed by atoms with Gasteiger partial charge in [0.05, 0.1) is 12.5 Å². The van der Waals surface area contributed by atoms with Crippen LogP contribution in [0.25, 0.3) is 0 Å². The Morgan fingerprint density at radius 2 is 1.66 bits per heavy atom. The van der Waals surface area contributed by atoms with Gasteiger partial charge in [-0.1, -0.05) is 6.92 Å². The van der Waals surface area contributed by atoms with Crippen molar-refractivity contribution in [2.24, 2.45) is 16.7 Å². The molecule has 6 heteroatoms. The molecule has 2 amide bonds. The summed E-state index contributed by atoms with van der Waals surface area (Å²) in [6.45, 7) is 8.68. The second kappa shape index (κ2) is 8.36. The molecule has 3 heterocycles. The van der Waals surface area contributed by atoms with Crippen LogP contribution in [0.5, 0.6) is 5.75 Å². The van der Waals surface area contributed by atoms with E-state index in [1.807, 2.05) is 29.2 Å². The number of likely N-dealkylation sites (tertiary alicyclic amines) is 3. The third-order valence-corrected chi connectivity index (χ3v) is 9.07. The SMILES string of the molecule is CCN1C[C@H]2C3(CCN(C(=O)c4ccc(OC)cc4)CC3)CC[C@@]2(C(=O)N2CCCC2)C1. The molecule has 0 unspecified atom stereocenters. The topological polar surface area (TPSA) is 53.1 Å². The number of piperidine rings is 1. The fourth-order valence-corrected chi connectivity index (χ4v) is 7.16. The van der Waals surface area contributed by atoms with Crippen molar-refractivity contribution in [1.29, 1.82) is 0 Å². The number of methoxy groups -OCH3 is 1. The first-order valence-electron chi connectivity index (χ1n) is 12.5. The number of rotatable bonds is 4. The molecule has 0 aromatic heterocycles. The Hall–Kier alpha value is -2.08. The highest BCUT2D eigenvalue weighted by Gasteiger charge is 2.64. The van der Waals surface area contributed by atoms with Crippen molar-refractivity contribution in [3.8, 4) is 5.75 Å². The number of benzene rings is 1. The monoisotopic (exact) mass is 439 g/mol. The van der Waals surface area contributed by atoms with Crippen LogP contribution < -0.4 is 4.74 Å². The molecule has 1 aromatic carbocycles. The largest absolute Gasteiger partial charge is 0.497 e. The number of ether oxygens (including phenoxy) is 1. The minimum atomic E-state index is -0.192. The molecule has 174 valence electrons. The summed E-state index contributed by atoms with van der Waals surface area (Å²) in [5.41, 5.74) is 0.739. The third kappa shape index (κ3) is 3.42. The average molecular weight is 440 g/mol. The summed E-state index contributed by atoms with van der Waals surface area (Å²) in [7, 11) is 1.64. The molecule has 5 rings (SSSR count). The van der Waals surface area contributed by atoms with E-state index in [0.717, 1.165) is 95.7 Å². The zero-order chi connectivity index (χ0) is 22.3. The van der Waals surface area contributed by atoms with Crippen LogP contribution in [0.3, 0.4) is 0 Å². The summed E-state index contributed by atoms with van der Waals surface area (Å²) in [6, 6.07) is 7.42. The molecule has 1 spiro atoms. The van der Waals surface area contributed by atoms with Crippen LogP contribution in [-0.4, -0.2) is 79.4 Å². The Morgan fingerprint density at radius 3 is 2.28 bits per heavy atom. The second-order valence-corrected chi connectivity index (χ2v) is 10.4. The molecule has 4 aliphatic rings. The van der Waals surface area contributed by atoms with E-state index in [-0.39, 0.29) is 16.7 Å². The number of fused-ring (bicyclic) bond motifs is 2. The number of hydrogen-bond donors (Lipinski definition) is 0. The Balaban J connectivity index is 1.31. The van der Waals surface area contributed by atoms with E-state index in [4.69, 9.17) is 4.74 Å². The van der Waals surface area contributed by atoms with Crippen molar-refractivity contribution in [1.82, 2.24) is 14.7 Å². The van der Waals surface area contributed by atoms with Gasteiger partial charge in [-0.15, -0.1) is 0 Å². The van der Waals surface area contributed by atoms with Crippen LogP contribution in [0.2, 0.25) is 0 Å². The van der Waals surface area contributed by atoms with E-state index in [1.54, 1.807) is 7.11 Å². The minimum Gasteiger partial charge on any atom is -0.497 e. The lowest BCUT2D eigenvalue weighted by Crippen LogP contribution is -2.50. The van der Waals surface area contributed by atoms with Crippen LogP contribution in [0.4, 0.5) is 0 Å². The lowest BCUT2D eigenvalue weighted by Gasteiger charge is -2.45. The molecule has 2 atom stereocenters. The summed E-state index contributed by atoms with van der Waals surface area (Å²) in [4.78, 5) is 33.5. The van der Waals surface area contributed by atoms with Crippen molar-refractivity contribution in [3.63, 3.8) is 0 Å². The van der Waals surface area contributed by atoms with Gasteiger partial charge in [-0.3, -0.25) is 9.59 Å². The predicted octanol–water partition coefficient (Wildman–Crippen LogP) is 3.27. The van der Waals surface area contributed by atoms with Gasteiger partial charge in [0.25, 0.3) is 5.91 Å². The molecule has 0 bridgehead atoms. The molecule has 32 heavy (non-hydrogen) atoms. The van der Waals surface area contributed by atoms with Gasteiger partial charge < -0.3 is 19.4 Å². The van der Waals surface area contributed by atoms with Crippen LogP contribution in [0, 0.1) is 16.7 Å². The Bertz CT molecular complexity index is 856. The zero-order valence-corrected chi connectivity index (χ0v) is 19.6. The Kier molecular flexibility index (Phi) is 5.68. The number of amides is 2. The molecular formula is C26H37N3O3. The molecule has 1 saturated carbocycles. The highest BCUT2D eigenvalue weighted by molar-refractivity contribution is 5.94. The quantitative estimate of drug-likeness (QED) is 0.723. The Morgan fingerprint density at radius 1 is 0.969 bits per heavy atom. The molecule has 3 aliphatic heterocycles. The van der Waals surface area contributed by atoms with Gasteiger partial charge in [-0.05, 0) is 80.7 Å². The number of carbonyl (C=O) groups excluding carboxylic acids is 2. The van der Waals surface area contributed by atoms with Gasteiger partial charge in [-0.25, -0.2) is 0 Å². The molecule has 0 N–H and O–H groups in total. The second-order valence-electron chi connectivity index (χ2n) is 10.4. The fraction of sp³-hybridized carbons (Fsp3) is 0.692. The van der Waals surface area contributed by atoms with Gasteiger partial charge in [0, 0.05) is 44.8 Å². The zero-order valence-electron chi connectivity index (χ0n) is 19.6. The lowest BCUT2D eigenvalue weighted by atomic mass is 9.65. The van der Waals surface area contributed by atoms with E-state index in [1.165, 1.54) is 0 Å². The van der Waals surface area contributed by atoms with Crippen LogP contribution in [0.15, 0.2) is 24.3 Å². The molecule has 0 radical (unpaired) electrons. The van der Waals surface area contributed by atoms with Gasteiger partial charge in [0.15, 0.2) is 0 Å². The van der Waals surface area contributed by atoms with Crippen LogP contribution in [0.1, 0.15) is 55.8 Å². The summed E-state index contributed by atoms with van der Waals surface area (Å²) in [5, 5.41) is 0. The van der Waals surface area contributed by atoms with Crippen LogP contribution in [-0.2, 0) is 4.79 Å². The first-order chi connectivity index (χ1) is 15.5. The lowest BCUT2D eigenvalue weighted by molar-refractivity contribution is -0.142. The predicted molar refractivity (Wildman–Crippen MR) is 124 cm³/mol. The maximum Gasteiger partial charge on any atom is 0.253 e. The van der Waals surface area contributed by atoms with Gasteiger partial charge >= 0.3 is 0 Å². The van der Waals surface area contributed by atoms with E-state index in [2.05, 4.69) is 16.7 Å². The summed E-state index contributed by atoms with van der Waals surface area (Å²) in [6.07, 6.45) is 6.50. The molecule has 1 aliphatic carbocycles. The maximum atomic E-state index is 13.8. The summed E-state index contributed by atoms with van der Waals surface area (Å²) >= 11 is 0. The normalized spacial score (nSPS) is 29.5. The molecule has 6 nitrogen and oxygen atoms in total. The standard InChI is InChI=1S/C26H37N3O3/c1-3-27-18-22-25(10-11-26(22,19-27)24(31)29-14-4-5-15-29)12-16-28(17-13-25)23(30)20-6-8-21(32-2)9-7-20/h6-9,22H,3-5,10-19H2,1-2H3/t22-,26+/m0/s1. The molecule has 4 fully saturated rings. The fourth-order valence-electron chi connectivity index (χ4n) is 7.16. The molecule has 1 aromatic rings. The van der Waals surface area contributed by atoms with E-state index >= 15 is 0 Å². The van der Waals surface area contributed by atoms with Crippen molar-refractivity contribution in [2.45, 2.75) is 45.4 Å². The van der Waals surface area contributed by atoms with Gasteiger partial charge in [-0.2, -0.15) is 0 Å². The molecule has 3 saturated heterocycles. The molecular weight excluding hydrogens is 402 g/mol. The first kappa shape index (κ1) is 21.7. The van der Waals surface area contributed by atoms with Gasteiger partial charge in [0.1, 0.15) is 5.75 Å². The van der Waals surface area contributed by atoms with E-state index in [0.29, 0.717) is 11.8 Å². The smallest absolute Gasteiger partial charge is 0.253 e. The number of hydrogen-bond acceptors (Lipinski definition) is 4. The van der Waals surface area contributed by atoms with Gasteiger partial charge in [0.2, 0.25) is 5.91 Å². The number of carbonyl (C=O) groups is 2. The first-order valence-corrected chi connectivity index (χ1v) is 12.5. The number of nitrogens with zero attached hydrogens (tertiary/aromatic N) is 3. The van der Waals surface area contributed by atoms with Crippen LogP contribution >= 0.6 is 0 Å². The minimum absolute atomic E-state index is 0.113. The maximum absolute atomic E-state index is 13.8. The van der Waals surface area contributed by atoms with Crippen molar-refractivity contribution in [2.75, 3.05) is 52.9 Å². The van der Waals surface area contributed by atoms with Crippen molar-refractivity contribution in [3.05, 3.63) is 29.8 Å². The summed E-state index contributed by atoms with van der Waals surface area (Å²) < 4.78 is 5.22. The highest BCUT2D eigenvalue weighted by atomic mass is 16.5. The summed E-state index contributed by atoms with van der Waals surface area (Å²) in [5.74, 6) is 1.75. The van der Waals surface area contributed by atoms with E-state index < -0.39 is 0 Å². The third-order valence-electron chi connectivity index (χ3n) is 9.07. The van der Waals surface area contributed by atoms with Crippen molar-refractivity contribution >= 4 is 11.8 Å². The average Bonchev–Trinajstić information content (AvgIpc) is 3.56.